The average Bonchev–Trinajstić information content (AvgIpc) is 2.54. The van der Waals surface area contributed by atoms with Crippen LogP contribution in [0.4, 0.5) is 10.1 Å². The lowest BCUT2D eigenvalue weighted by Gasteiger charge is -2.29. The van der Waals surface area contributed by atoms with Gasteiger partial charge in [-0.3, -0.25) is 4.90 Å². The second-order valence-electron chi connectivity index (χ2n) is 5.38. The largest absolute Gasteiger partial charge is 0.395 e. The highest BCUT2D eigenvalue weighted by molar-refractivity contribution is 5.49. The summed E-state index contributed by atoms with van der Waals surface area (Å²) in [5.74, 6) is -0.199. The van der Waals surface area contributed by atoms with Gasteiger partial charge in [-0.2, -0.15) is 0 Å². The minimum atomic E-state index is -0.199. The van der Waals surface area contributed by atoms with Gasteiger partial charge in [-0.25, -0.2) is 4.39 Å². The van der Waals surface area contributed by atoms with Crippen LogP contribution in [-0.2, 0) is 16.0 Å². The molecule has 0 aliphatic carbocycles. The fourth-order valence-corrected chi connectivity index (χ4v) is 2.60. The van der Waals surface area contributed by atoms with Gasteiger partial charge in [0.2, 0.25) is 0 Å². The number of anilines is 1. The highest BCUT2D eigenvalue weighted by atomic mass is 19.1. The molecule has 1 aromatic carbocycles. The number of benzene rings is 1. The molecule has 1 saturated heterocycles. The molecule has 6 heteroatoms. The second kappa shape index (κ2) is 9.05. The van der Waals surface area contributed by atoms with E-state index in [1.54, 1.807) is 13.2 Å². The van der Waals surface area contributed by atoms with Crippen LogP contribution < -0.4 is 4.90 Å². The van der Waals surface area contributed by atoms with Crippen LogP contribution in [0.15, 0.2) is 18.2 Å². The van der Waals surface area contributed by atoms with E-state index in [2.05, 4.69) is 0 Å². The van der Waals surface area contributed by atoms with Crippen molar-refractivity contribution in [2.24, 2.45) is 0 Å². The van der Waals surface area contributed by atoms with Gasteiger partial charge in [0, 0.05) is 39.8 Å². The lowest BCUT2D eigenvalue weighted by atomic mass is 10.1. The molecule has 0 saturated carbocycles. The molecule has 1 N–H and O–H groups in total. The van der Waals surface area contributed by atoms with Crippen LogP contribution in [0.3, 0.4) is 0 Å². The molecule has 0 amide bonds. The van der Waals surface area contributed by atoms with E-state index >= 15 is 0 Å². The van der Waals surface area contributed by atoms with Gasteiger partial charge in [0.1, 0.15) is 5.82 Å². The zero-order chi connectivity index (χ0) is 15.8. The van der Waals surface area contributed by atoms with E-state index in [1.807, 2.05) is 21.9 Å². The topological polar surface area (TPSA) is 45.2 Å². The summed E-state index contributed by atoms with van der Waals surface area (Å²) in [6, 6.07) is 5.37. The van der Waals surface area contributed by atoms with Gasteiger partial charge in [-0.05, 0) is 17.7 Å². The van der Waals surface area contributed by atoms with Crippen LogP contribution in [0.5, 0.6) is 0 Å². The molecule has 1 aromatic rings. The number of methoxy groups -OCH3 is 1. The molecule has 0 spiro atoms. The van der Waals surface area contributed by atoms with Crippen molar-refractivity contribution in [3.8, 4) is 0 Å². The van der Waals surface area contributed by atoms with E-state index < -0.39 is 0 Å². The molecule has 1 aliphatic rings. The van der Waals surface area contributed by atoms with Gasteiger partial charge in [-0.1, -0.05) is 6.07 Å². The number of hydrogen-bond donors (Lipinski definition) is 1. The Bertz CT molecular complexity index is 453. The molecule has 1 aliphatic heterocycles. The molecule has 2 rings (SSSR count). The highest BCUT2D eigenvalue weighted by Gasteiger charge is 2.16. The normalized spacial score (nSPS) is 15.5. The molecular formula is C16H25FN2O3. The first-order chi connectivity index (χ1) is 10.7. The number of rotatable bonds is 8. The molecule has 0 radical (unpaired) electrons. The maximum Gasteiger partial charge on any atom is 0.146 e. The van der Waals surface area contributed by atoms with Crippen molar-refractivity contribution in [2.75, 3.05) is 64.6 Å². The summed E-state index contributed by atoms with van der Waals surface area (Å²) in [5.41, 5.74) is 1.54. The number of nitrogens with zero attached hydrogens (tertiary/aromatic N) is 2. The van der Waals surface area contributed by atoms with Crippen molar-refractivity contribution in [3.05, 3.63) is 29.6 Å². The Morgan fingerprint density at radius 3 is 2.73 bits per heavy atom. The maximum absolute atomic E-state index is 14.3. The quantitative estimate of drug-likeness (QED) is 0.779. The third-order valence-corrected chi connectivity index (χ3v) is 3.80. The zero-order valence-electron chi connectivity index (χ0n) is 13.1. The first-order valence-corrected chi connectivity index (χ1v) is 7.68. The zero-order valence-corrected chi connectivity index (χ0v) is 13.1. The van der Waals surface area contributed by atoms with Crippen LogP contribution in [-0.4, -0.2) is 69.7 Å². The fraction of sp³-hybridized carbons (Fsp3) is 0.625. The Kier molecular flexibility index (Phi) is 7.05. The minimum absolute atomic E-state index is 0.0814. The molecule has 5 nitrogen and oxygen atoms in total. The summed E-state index contributed by atoms with van der Waals surface area (Å²) in [5, 5.41) is 9.11. The summed E-state index contributed by atoms with van der Waals surface area (Å²) in [4.78, 5) is 4.06. The predicted octanol–water partition coefficient (Wildman–Crippen LogP) is 1.10. The average molecular weight is 312 g/mol. The standard InChI is InChI=1S/C16H25FN2O3/c1-21-9-5-18(4-8-20)13-14-2-3-16(15(17)12-14)19-6-10-22-11-7-19/h2-3,12,20H,4-11,13H2,1H3. The molecule has 0 unspecified atom stereocenters. The second-order valence-corrected chi connectivity index (χ2v) is 5.38. The van der Waals surface area contributed by atoms with Crippen LogP contribution in [0, 0.1) is 5.82 Å². The van der Waals surface area contributed by atoms with Gasteiger partial charge in [0.25, 0.3) is 0 Å². The summed E-state index contributed by atoms with van der Waals surface area (Å²) in [6.07, 6.45) is 0. The highest BCUT2D eigenvalue weighted by Crippen LogP contribution is 2.22. The van der Waals surface area contributed by atoms with Gasteiger partial charge in [-0.15, -0.1) is 0 Å². The van der Waals surface area contributed by atoms with Crippen molar-refractivity contribution >= 4 is 5.69 Å². The van der Waals surface area contributed by atoms with Gasteiger partial charge in [0.05, 0.1) is 32.1 Å². The van der Waals surface area contributed by atoms with Gasteiger partial charge < -0.3 is 19.5 Å². The van der Waals surface area contributed by atoms with Crippen molar-refractivity contribution in [2.45, 2.75) is 6.54 Å². The van der Waals surface area contributed by atoms with E-state index in [1.165, 1.54) is 0 Å². The summed E-state index contributed by atoms with van der Waals surface area (Å²) < 4.78 is 24.7. The van der Waals surface area contributed by atoms with Crippen LogP contribution in [0.2, 0.25) is 0 Å². The summed E-state index contributed by atoms with van der Waals surface area (Å²) >= 11 is 0. The number of hydrogen-bond acceptors (Lipinski definition) is 5. The summed E-state index contributed by atoms with van der Waals surface area (Å²) in [6.45, 7) is 5.27. The van der Waals surface area contributed by atoms with Crippen molar-refractivity contribution in [1.82, 2.24) is 4.90 Å². The third kappa shape index (κ3) is 4.91. The lowest BCUT2D eigenvalue weighted by Crippen LogP contribution is -2.36. The van der Waals surface area contributed by atoms with Gasteiger partial charge >= 0.3 is 0 Å². The summed E-state index contributed by atoms with van der Waals surface area (Å²) in [7, 11) is 1.65. The predicted molar refractivity (Wildman–Crippen MR) is 83.7 cm³/mol. The first kappa shape index (κ1) is 17.1. The van der Waals surface area contributed by atoms with Gasteiger partial charge in [0.15, 0.2) is 0 Å². The molecule has 1 fully saturated rings. The molecule has 124 valence electrons. The lowest BCUT2D eigenvalue weighted by molar-refractivity contribution is 0.122. The van der Waals surface area contributed by atoms with E-state index in [4.69, 9.17) is 14.6 Å². The molecule has 1 heterocycles. The monoisotopic (exact) mass is 312 g/mol. The number of aliphatic hydroxyl groups excluding tert-OH is 1. The Labute approximate surface area is 131 Å². The van der Waals surface area contributed by atoms with E-state index in [-0.39, 0.29) is 12.4 Å². The molecule has 22 heavy (non-hydrogen) atoms. The molecular weight excluding hydrogens is 287 g/mol. The number of morpholine rings is 1. The van der Waals surface area contributed by atoms with E-state index in [0.29, 0.717) is 45.1 Å². The van der Waals surface area contributed by atoms with E-state index in [0.717, 1.165) is 18.7 Å². The fourth-order valence-electron chi connectivity index (χ4n) is 2.60. The Hall–Kier alpha value is -1.21. The van der Waals surface area contributed by atoms with E-state index in [9.17, 15) is 4.39 Å². The number of aliphatic hydroxyl groups is 1. The Morgan fingerprint density at radius 1 is 1.32 bits per heavy atom. The Morgan fingerprint density at radius 2 is 2.09 bits per heavy atom. The van der Waals surface area contributed by atoms with Crippen LogP contribution in [0.25, 0.3) is 0 Å². The van der Waals surface area contributed by atoms with Crippen molar-refractivity contribution in [3.63, 3.8) is 0 Å². The smallest absolute Gasteiger partial charge is 0.146 e. The maximum atomic E-state index is 14.3. The number of halogens is 1. The SMILES string of the molecule is COCCN(CCO)Cc1ccc(N2CCOCC2)c(F)c1. The van der Waals surface area contributed by atoms with Crippen LogP contribution in [0.1, 0.15) is 5.56 Å². The molecule has 0 atom stereocenters. The first-order valence-electron chi connectivity index (χ1n) is 7.68. The minimum Gasteiger partial charge on any atom is -0.395 e. The third-order valence-electron chi connectivity index (χ3n) is 3.80. The number of ether oxygens (including phenoxy) is 2. The molecule has 0 bridgehead atoms. The Balaban J connectivity index is 2.00. The van der Waals surface area contributed by atoms with Crippen molar-refractivity contribution in [1.29, 1.82) is 0 Å². The van der Waals surface area contributed by atoms with Crippen molar-refractivity contribution < 1.29 is 19.0 Å². The van der Waals surface area contributed by atoms with Crippen LogP contribution >= 0.6 is 0 Å². The molecule has 0 aromatic heterocycles.